The van der Waals surface area contributed by atoms with Gasteiger partial charge in [-0.25, -0.2) is 0 Å². The van der Waals surface area contributed by atoms with Crippen LogP contribution in [0.1, 0.15) is 38.5 Å². The molecule has 102 valence electrons. The van der Waals surface area contributed by atoms with E-state index in [4.69, 9.17) is 5.11 Å². The minimum Gasteiger partial charge on any atom is -0.396 e. The molecule has 1 amide bonds. The van der Waals surface area contributed by atoms with Crippen LogP contribution < -0.4 is 10.6 Å². The van der Waals surface area contributed by atoms with Crippen molar-refractivity contribution in [1.82, 2.24) is 10.6 Å². The van der Waals surface area contributed by atoms with Crippen LogP contribution in [0.5, 0.6) is 0 Å². The SMILES string of the molecule is CNCCC(=O)NCC1(CCO)CCCC1.Cl. The number of aliphatic hydroxyl groups excluding tert-OH is 1. The van der Waals surface area contributed by atoms with E-state index in [-0.39, 0.29) is 30.3 Å². The van der Waals surface area contributed by atoms with Crippen LogP contribution in [-0.2, 0) is 4.79 Å². The molecule has 0 atom stereocenters. The molecule has 0 unspecified atom stereocenters. The summed E-state index contributed by atoms with van der Waals surface area (Å²) in [5.74, 6) is 0.110. The third-order valence-corrected chi connectivity index (χ3v) is 3.57. The van der Waals surface area contributed by atoms with Crippen LogP contribution in [-0.4, -0.2) is 37.8 Å². The lowest BCUT2D eigenvalue weighted by atomic mass is 9.83. The second-order valence-electron chi connectivity index (χ2n) is 4.81. The highest BCUT2D eigenvalue weighted by Gasteiger charge is 2.33. The van der Waals surface area contributed by atoms with Gasteiger partial charge in [0.25, 0.3) is 0 Å². The first kappa shape index (κ1) is 16.7. The molecule has 0 aliphatic heterocycles. The fourth-order valence-electron chi connectivity index (χ4n) is 2.49. The van der Waals surface area contributed by atoms with Crippen LogP contribution in [0.25, 0.3) is 0 Å². The molecule has 1 aliphatic rings. The number of hydrogen-bond acceptors (Lipinski definition) is 3. The Morgan fingerprint density at radius 3 is 2.53 bits per heavy atom. The van der Waals surface area contributed by atoms with Crippen molar-refractivity contribution in [2.45, 2.75) is 38.5 Å². The van der Waals surface area contributed by atoms with Crippen LogP contribution in [0.15, 0.2) is 0 Å². The zero-order valence-electron chi connectivity index (χ0n) is 10.6. The Labute approximate surface area is 110 Å². The lowest BCUT2D eigenvalue weighted by Gasteiger charge is -2.28. The fourth-order valence-corrected chi connectivity index (χ4v) is 2.49. The Morgan fingerprint density at radius 1 is 1.35 bits per heavy atom. The molecule has 0 heterocycles. The van der Waals surface area contributed by atoms with E-state index >= 15 is 0 Å². The summed E-state index contributed by atoms with van der Waals surface area (Å²) in [6.45, 7) is 1.68. The van der Waals surface area contributed by atoms with Gasteiger partial charge in [-0.2, -0.15) is 0 Å². The third kappa shape index (κ3) is 5.70. The molecule has 1 rings (SSSR count). The van der Waals surface area contributed by atoms with Gasteiger partial charge in [-0.3, -0.25) is 4.79 Å². The van der Waals surface area contributed by atoms with E-state index in [9.17, 15) is 4.79 Å². The summed E-state index contributed by atoms with van der Waals surface area (Å²) in [7, 11) is 1.84. The molecule has 0 aromatic rings. The molecule has 0 saturated heterocycles. The van der Waals surface area contributed by atoms with Crippen molar-refractivity contribution in [3.63, 3.8) is 0 Å². The number of rotatable bonds is 7. The molecule has 0 aromatic heterocycles. The van der Waals surface area contributed by atoms with Crippen molar-refractivity contribution in [3.05, 3.63) is 0 Å². The van der Waals surface area contributed by atoms with Crippen LogP contribution >= 0.6 is 12.4 Å². The Kier molecular flexibility index (Phi) is 8.56. The van der Waals surface area contributed by atoms with E-state index < -0.39 is 0 Å². The van der Waals surface area contributed by atoms with Gasteiger partial charge in [0.15, 0.2) is 0 Å². The monoisotopic (exact) mass is 264 g/mol. The van der Waals surface area contributed by atoms with E-state index in [1.165, 1.54) is 12.8 Å². The molecule has 0 aromatic carbocycles. The van der Waals surface area contributed by atoms with E-state index in [2.05, 4.69) is 10.6 Å². The Morgan fingerprint density at radius 2 is 2.00 bits per heavy atom. The van der Waals surface area contributed by atoms with Crippen LogP contribution in [0.2, 0.25) is 0 Å². The molecule has 0 radical (unpaired) electrons. The number of carbonyl (C=O) groups excluding carboxylic acids is 1. The quantitative estimate of drug-likeness (QED) is 0.645. The topological polar surface area (TPSA) is 61.4 Å². The molecule has 17 heavy (non-hydrogen) atoms. The molecule has 1 saturated carbocycles. The van der Waals surface area contributed by atoms with Gasteiger partial charge in [-0.15, -0.1) is 12.4 Å². The molecule has 3 N–H and O–H groups in total. The first-order valence-corrected chi connectivity index (χ1v) is 6.25. The largest absolute Gasteiger partial charge is 0.396 e. The van der Waals surface area contributed by atoms with Crippen LogP contribution in [0, 0.1) is 5.41 Å². The van der Waals surface area contributed by atoms with Gasteiger partial charge < -0.3 is 15.7 Å². The van der Waals surface area contributed by atoms with Crippen molar-refractivity contribution < 1.29 is 9.90 Å². The maximum atomic E-state index is 11.5. The third-order valence-electron chi connectivity index (χ3n) is 3.57. The highest BCUT2D eigenvalue weighted by molar-refractivity contribution is 5.85. The fraction of sp³-hybridized carbons (Fsp3) is 0.917. The average molecular weight is 265 g/mol. The predicted octanol–water partition coefficient (Wildman–Crippen LogP) is 1.08. The highest BCUT2D eigenvalue weighted by Crippen LogP contribution is 2.40. The first-order chi connectivity index (χ1) is 7.72. The number of hydrogen-bond donors (Lipinski definition) is 3. The molecule has 1 aliphatic carbocycles. The minimum absolute atomic E-state index is 0. The standard InChI is InChI=1S/C12H24N2O2.ClH/c1-13-8-4-11(16)14-10-12(7-9-15)5-2-3-6-12;/h13,15H,2-10H2,1H3,(H,14,16);1H. The first-order valence-electron chi connectivity index (χ1n) is 6.25. The molecular weight excluding hydrogens is 240 g/mol. The van der Waals surface area contributed by atoms with Gasteiger partial charge in [-0.05, 0) is 31.7 Å². The van der Waals surface area contributed by atoms with Gasteiger partial charge in [-0.1, -0.05) is 12.8 Å². The Hall–Kier alpha value is -0.320. The second kappa shape index (κ2) is 8.72. The van der Waals surface area contributed by atoms with Crippen molar-refractivity contribution >= 4 is 18.3 Å². The lowest BCUT2D eigenvalue weighted by molar-refractivity contribution is -0.121. The summed E-state index contributed by atoms with van der Waals surface area (Å²) in [5, 5.41) is 15.0. The number of amides is 1. The van der Waals surface area contributed by atoms with Gasteiger partial charge in [0.2, 0.25) is 5.91 Å². The molecule has 1 fully saturated rings. The maximum absolute atomic E-state index is 11.5. The van der Waals surface area contributed by atoms with Crippen LogP contribution in [0.4, 0.5) is 0 Å². The molecule has 0 bridgehead atoms. The normalized spacial score (nSPS) is 17.5. The summed E-state index contributed by atoms with van der Waals surface area (Å²) in [6.07, 6.45) is 6.09. The summed E-state index contributed by atoms with van der Waals surface area (Å²) in [6, 6.07) is 0. The van der Waals surface area contributed by atoms with Crippen molar-refractivity contribution in [1.29, 1.82) is 0 Å². The Balaban J connectivity index is 0.00000256. The Bertz CT molecular complexity index is 219. The maximum Gasteiger partial charge on any atom is 0.221 e. The van der Waals surface area contributed by atoms with Crippen LogP contribution in [0.3, 0.4) is 0 Å². The van der Waals surface area contributed by atoms with Gasteiger partial charge in [0, 0.05) is 26.1 Å². The van der Waals surface area contributed by atoms with Crippen molar-refractivity contribution in [3.8, 4) is 0 Å². The van der Waals surface area contributed by atoms with Gasteiger partial charge >= 0.3 is 0 Å². The number of nitrogens with one attached hydrogen (secondary N) is 2. The van der Waals surface area contributed by atoms with Gasteiger partial charge in [0.05, 0.1) is 0 Å². The molecule has 0 spiro atoms. The average Bonchev–Trinajstić information content (AvgIpc) is 2.73. The van der Waals surface area contributed by atoms with Gasteiger partial charge in [0.1, 0.15) is 0 Å². The van der Waals surface area contributed by atoms with E-state index in [1.807, 2.05) is 7.05 Å². The number of carbonyl (C=O) groups is 1. The zero-order valence-corrected chi connectivity index (χ0v) is 11.4. The van der Waals surface area contributed by atoms with E-state index in [0.29, 0.717) is 6.42 Å². The summed E-state index contributed by atoms with van der Waals surface area (Å²) >= 11 is 0. The lowest BCUT2D eigenvalue weighted by Crippen LogP contribution is -2.37. The summed E-state index contributed by atoms with van der Waals surface area (Å²) < 4.78 is 0. The van der Waals surface area contributed by atoms with E-state index in [0.717, 1.165) is 32.4 Å². The zero-order chi connectivity index (χ0) is 11.9. The van der Waals surface area contributed by atoms with Crippen molar-refractivity contribution in [2.75, 3.05) is 26.7 Å². The van der Waals surface area contributed by atoms with E-state index in [1.54, 1.807) is 0 Å². The highest BCUT2D eigenvalue weighted by atomic mass is 35.5. The molecular formula is C12H25ClN2O2. The number of aliphatic hydroxyl groups is 1. The predicted molar refractivity (Wildman–Crippen MR) is 71.4 cm³/mol. The number of halogens is 1. The second-order valence-corrected chi connectivity index (χ2v) is 4.81. The minimum atomic E-state index is 0. The summed E-state index contributed by atoms with van der Waals surface area (Å²) in [5.41, 5.74) is 0.171. The smallest absolute Gasteiger partial charge is 0.221 e. The molecule has 4 nitrogen and oxygen atoms in total. The molecule has 5 heteroatoms. The van der Waals surface area contributed by atoms with Crippen molar-refractivity contribution in [2.24, 2.45) is 5.41 Å². The summed E-state index contributed by atoms with van der Waals surface area (Å²) in [4.78, 5) is 11.5.